The average Bonchev–Trinajstić information content (AvgIpc) is 3.10. The van der Waals surface area contributed by atoms with E-state index in [1.165, 1.54) is 12.3 Å². The first-order valence-electron chi connectivity index (χ1n) is 7.17. The number of H-pyrrole nitrogens is 1. The number of nitrogens with zero attached hydrogens (tertiary/aromatic N) is 2. The topological polar surface area (TPSA) is 90.4 Å². The molecule has 0 atom stereocenters. The number of phenolic OH excluding ortho intramolecular Hbond substituents is 1. The highest BCUT2D eigenvalue weighted by molar-refractivity contribution is 9.11. The van der Waals surface area contributed by atoms with Crippen molar-refractivity contribution in [3.05, 3.63) is 68.7 Å². The standard InChI is InChI=1S/C17H12Br2N4O2/c18-12-7-13(19)16(24)6-11(12)9-20-23-17(25)15-8-14(21-22-15)10-4-2-1-3-5-10/h1-9,24H,(H,21,22)(H,23,25). The highest BCUT2D eigenvalue weighted by Crippen LogP contribution is 2.29. The lowest BCUT2D eigenvalue weighted by Crippen LogP contribution is -2.18. The molecule has 6 nitrogen and oxygen atoms in total. The van der Waals surface area contributed by atoms with Gasteiger partial charge in [0, 0.05) is 15.6 Å². The Labute approximate surface area is 160 Å². The molecule has 0 bridgehead atoms. The molecule has 3 rings (SSSR count). The van der Waals surface area contributed by atoms with E-state index in [0.717, 1.165) is 10.0 Å². The van der Waals surface area contributed by atoms with Crippen molar-refractivity contribution in [2.75, 3.05) is 0 Å². The van der Waals surface area contributed by atoms with E-state index in [9.17, 15) is 9.90 Å². The zero-order chi connectivity index (χ0) is 17.8. The number of carbonyl (C=O) groups is 1. The fourth-order valence-corrected chi connectivity index (χ4v) is 3.16. The van der Waals surface area contributed by atoms with E-state index in [2.05, 4.69) is 52.6 Å². The highest BCUT2D eigenvalue weighted by atomic mass is 79.9. The zero-order valence-corrected chi connectivity index (χ0v) is 15.9. The second-order valence-corrected chi connectivity index (χ2v) is 6.77. The maximum absolute atomic E-state index is 12.1. The van der Waals surface area contributed by atoms with Gasteiger partial charge < -0.3 is 5.11 Å². The maximum Gasteiger partial charge on any atom is 0.289 e. The molecule has 0 aliphatic carbocycles. The predicted octanol–water partition coefficient (Wildman–Crippen LogP) is 4.07. The largest absolute Gasteiger partial charge is 0.507 e. The molecule has 0 saturated heterocycles. The van der Waals surface area contributed by atoms with Crippen LogP contribution in [0.1, 0.15) is 16.1 Å². The summed E-state index contributed by atoms with van der Waals surface area (Å²) >= 11 is 6.58. The van der Waals surface area contributed by atoms with Gasteiger partial charge in [0.25, 0.3) is 5.91 Å². The molecule has 0 aliphatic heterocycles. The molecule has 0 spiro atoms. The minimum absolute atomic E-state index is 0.0806. The third-order valence-electron chi connectivity index (χ3n) is 3.33. The van der Waals surface area contributed by atoms with Gasteiger partial charge in [0.1, 0.15) is 11.4 Å². The summed E-state index contributed by atoms with van der Waals surface area (Å²) in [7, 11) is 0. The van der Waals surface area contributed by atoms with E-state index < -0.39 is 5.91 Å². The molecule has 1 amide bonds. The number of aromatic nitrogens is 2. The lowest BCUT2D eigenvalue weighted by Gasteiger charge is -2.02. The fraction of sp³-hybridized carbons (Fsp3) is 0. The van der Waals surface area contributed by atoms with Crippen LogP contribution < -0.4 is 5.43 Å². The SMILES string of the molecule is O=C(NN=Cc1cc(O)c(Br)cc1Br)c1cc(-c2ccccc2)n[nH]1. The van der Waals surface area contributed by atoms with Crippen LogP contribution in [0, 0.1) is 0 Å². The number of carbonyl (C=O) groups excluding carboxylic acids is 1. The molecule has 25 heavy (non-hydrogen) atoms. The number of aromatic amines is 1. The van der Waals surface area contributed by atoms with Crippen molar-refractivity contribution in [1.82, 2.24) is 15.6 Å². The summed E-state index contributed by atoms with van der Waals surface area (Å²) in [4.78, 5) is 12.1. The van der Waals surface area contributed by atoms with E-state index in [4.69, 9.17) is 0 Å². The first-order chi connectivity index (χ1) is 12.0. The molecule has 0 fully saturated rings. The Morgan fingerprint density at radius 3 is 2.68 bits per heavy atom. The van der Waals surface area contributed by atoms with E-state index in [0.29, 0.717) is 21.4 Å². The van der Waals surface area contributed by atoms with Gasteiger partial charge in [-0.3, -0.25) is 9.89 Å². The average molecular weight is 464 g/mol. The molecule has 3 aromatic rings. The second kappa shape index (κ2) is 7.62. The monoisotopic (exact) mass is 462 g/mol. The number of rotatable bonds is 4. The van der Waals surface area contributed by atoms with Crippen molar-refractivity contribution in [2.24, 2.45) is 5.10 Å². The van der Waals surface area contributed by atoms with Gasteiger partial charge in [-0.25, -0.2) is 5.43 Å². The molecule has 1 aromatic heterocycles. The Morgan fingerprint density at radius 1 is 1.16 bits per heavy atom. The summed E-state index contributed by atoms with van der Waals surface area (Å²) in [6, 6.07) is 14.4. The number of hydrogen-bond donors (Lipinski definition) is 3. The molecule has 0 radical (unpaired) electrons. The van der Waals surface area contributed by atoms with Gasteiger partial charge >= 0.3 is 0 Å². The minimum atomic E-state index is -0.414. The molecule has 3 N–H and O–H groups in total. The molecule has 0 aliphatic rings. The van der Waals surface area contributed by atoms with Crippen LogP contribution >= 0.6 is 31.9 Å². The van der Waals surface area contributed by atoms with Crippen molar-refractivity contribution in [3.63, 3.8) is 0 Å². The molecule has 1 heterocycles. The van der Waals surface area contributed by atoms with E-state index >= 15 is 0 Å². The van der Waals surface area contributed by atoms with Crippen molar-refractivity contribution in [1.29, 1.82) is 0 Å². The van der Waals surface area contributed by atoms with E-state index in [1.54, 1.807) is 12.1 Å². The third kappa shape index (κ3) is 4.15. The lowest BCUT2D eigenvalue weighted by molar-refractivity contribution is 0.0950. The molecule has 126 valence electrons. The van der Waals surface area contributed by atoms with Crippen LogP contribution in [0.15, 0.2) is 62.6 Å². The Hall–Kier alpha value is -2.45. The van der Waals surface area contributed by atoms with Gasteiger partial charge in [-0.15, -0.1) is 0 Å². The summed E-state index contributed by atoms with van der Waals surface area (Å²) in [5, 5.41) is 20.4. The van der Waals surface area contributed by atoms with Crippen LogP contribution in [-0.2, 0) is 0 Å². The molecular formula is C17H12Br2N4O2. The maximum atomic E-state index is 12.1. The minimum Gasteiger partial charge on any atom is -0.507 e. The number of hydrogen-bond acceptors (Lipinski definition) is 4. The van der Waals surface area contributed by atoms with E-state index in [1.807, 2.05) is 30.3 Å². The summed E-state index contributed by atoms with van der Waals surface area (Å²) in [6.45, 7) is 0. The van der Waals surface area contributed by atoms with Crippen LogP contribution in [0.3, 0.4) is 0 Å². The number of aromatic hydroxyl groups is 1. The quantitative estimate of drug-likeness (QED) is 0.402. The third-order valence-corrected chi connectivity index (χ3v) is 4.65. The van der Waals surface area contributed by atoms with Gasteiger partial charge in [0.05, 0.1) is 16.4 Å². The Balaban J connectivity index is 1.69. The van der Waals surface area contributed by atoms with Gasteiger partial charge in [0.2, 0.25) is 0 Å². The molecule has 8 heteroatoms. The van der Waals surface area contributed by atoms with Crippen LogP contribution in [0.2, 0.25) is 0 Å². The first kappa shape index (κ1) is 17.4. The van der Waals surface area contributed by atoms with Gasteiger partial charge in [-0.1, -0.05) is 46.3 Å². The van der Waals surface area contributed by atoms with Gasteiger partial charge in [-0.2, -0.15) is 10.2 Å². The number of hydrazone groups is 1. The summed E-state index contributed by atoms with van der Waals surface area (Å²) < 4.78 is 1.29. The Bertz CT molecular complexity index is 939. The Kier molecular flexibility index (Phi) is 5.30. The summed E-state index contributed by atoms with van der Waals surface area (Å²) in [5.74, 6) is -0.333. The van der Waals surface area contributed by atoms with Crippen LogP contribution in [0.25, 0.3) is 11.3 Å². The summed E-state index contributed by atoms with van der Waals surface area (Å²) in [5.41, 5.74) is 4.93. The van der Waals surface area contributed by atoms with Crippen molar-refractivity contribution >= 4 is 44.0 Å². The van der Waals surface area contributed by atoms with E-state index in [-0.39, 0.29) is 5.75 Å². The number of halogens is 2. The van der Waals surface area contributed by atoms with Crippen LogP contribution in [0.5, 0.6) is 5.75 Å². The molecule has 0 unspecified atom stereocenters. The van der Waals surface area contributed by atoms with Gasteiger partial charge in [0.15, 0.2) is 0 Å². The lowest BCUT2D eigenvalue weighted by atomic mass is 10.1. The number of benzene rings is 2. The van der Waals surface area contributed by atoms with Crippen LogP contribution in [-0.4, -0.2) is 27.4 Å². The smallest absolute Gasteiger partial charge is 0.289 e. The second-order valence-electron chi connectivity index (χ2n) is 5.06. The molecule has 0 saturated carbocycles. The van der Waals surface area contributed by atoms with Crippen molar-refractivity contribution in [2.45, 2.75) is 0 Å². The molecule has 2 aromatic carbocycles. The van der Waals surface area contributed by atoms with Crippen molar-refractivity contribution in [3.8, 4) is 17.0 Å². The number of amides is 1. The fourth-order valence-electron chi connectivity index (χ4n) is 2.07. The number of phenols is 1. The van der Waals surface area contributed by atoms with Crippen LogP contribution in [0.4, 0.5) is 0 Å². The molecular weight excluding hydrogens is 452 g/mol. The predicted molar refractivity (Wildman–Crippen MR) is 103 cm³/mol. The summed E-state index contributed by atoms with van der Waals surface area (Å²) in [6.07, 6.45) is 1.43. The number of nitrogens with one attached hydrogen (secondary N) is 2. The van der Waals surface area contributed by atoms with Gasteiger partial charge in [-0.05, 0) is 34.1 Å². The Morgan fingerprint density at radius 2 is 1.92 bits per heavy atom. The normalized spacial score (nSPS) is 11.0. The first-order valence-corrected chi connectivity index (χ1v) is 8.75. The zero-order valence-electron chi connectivity index (χ0n) is 12.7. The highest BCUT2D eigenvalue weighted by Gasteiger charge is 2.10. The van der Waals surface area contributed by atoms with Crippen molar-refractivity contribution < 1.29 is 9.90 Å².